The van der Waals surface area contributed by atoms with Gasteiger partial charge in [0.25, 0.3) is 0 Å². The zero-order chi connectivity index (χ0) is 13.8. The topological polar surface area (TPSA) is 59.4 Å². The fraction of sp³-hybridized carbons (Fsp3) is 0.200. The number of nitrogens with zero attached hydrogens (tertiary/aromatic N) is 1. The van der Waals surface area contributed by atoms with Gasteiger partial charge >= 0.3 is 5.97 Å². The minimum absolute atomic E-state index is 0.0242. The van der Waals surface area contributed by atoms with Crippen LogP contribution in [0.25, 0.3) is 11.3 Å². The Morgan fingerprint density at radius 2 is 2.11 bits per heavy atom. The summed E-state index contributed by atoms with van der Waals surface area (Å²) < 4.78 is 4.71. The lowest BCUT2D eigenvalue weighted by Crippen LogP contribution is -2.07. The lowest BCUT2D eigenvalue weighted by Gasteiger charge is -2.07. The number of carbonyl (C=O) groups excluding carboxylic acids is 1. The van der Waals surface area contributed by atoms with Gasteiger partial charge in [-0.15, -0.1) is 0 Å². The number of rotatable bonds is 3. The Morgan fingerprint density at radius 3 is 2.79 bits per heavy atom. The molecule has 0 saturated heterocycles. The number of hydrogen-bond donors (Lipinski definition) is 1. The van der Waals surface area contributed by atoms with Crippen molar-refractivity contribution in [3.8, 4) is 11.3 Å². The first kappa shape index (κ1) is 13.2. The molecule has 1 N–H and O–H groups in total. The van der Waals surface area contributed by atoms with Crippen molar-refractivity contribution in [3.63, 3.8) is 0 Å². The molecular weight excluding hydrogens is 242 g/mol. The van der Waals surface area contributed by atoms with Gasteiger partial charge in [0.2, 0.25) is 0 Å². The third kappa shape index (κ3) is 2.80. The second kappa shape index (κ2) is 5.63. The van der Waals surface area contributed by atoms with Crippen molar-refractivity contribution in [1.82, 2.24) is 4.98 Å². The number of aliphatic hydroxyl groups is 1. The van der Waals surface area contributed by atoms with E-state index in [9.17, 15) is 4.79 Å². The summed E-state index contributed by atoms with van der Waals surface area (Å²) in [6.07, 6.45) is 0. The number of ether oxygens (including phenoxy) is 1. The lowest BCUT2D eigenvalue weighted by molar-refractivity contribution is 0.0593. The summed E-state index contributed by atoms with van der Waals surface area (Å²) in [7, 11) is 1.34. The molecule has 2 rings (SSSR count). The van der Waals surface area contributed by atoms with Crippen molar-refractivity contribution >= 4 is 5.97 Å². The molecule has 0 bridgehead atoms. The highest BCUT2D eigenvalue weighted by molar-refractivity contribution is 5.89. The number of aliphatic hydroxyl groups excluding tert-OH is 1. The van der Waals surface area contributed by atoms with Gasteiger partial charge in [-0.2, -0.15) is 0 Å². The molecule has 1 aromatic carbocycles. The molecule has 0 aliphatic heterocycles. The summed E-state index contributed by atoms with van der Waals surface area (Å²) in [4.78, 5) is 15.9. The molecule has 4 heteroatoms. The van der Waals surface area contributed by atoms with Gasteiger partial charge in [0.05, 0.1) is 19.4 Å². The molecule has 0 radical (unpaired) electrons. The van der Waals surface area contributed by atoms with Gasteiger partial charge in [-0.1, -0.05) is 24.3 Å². The normalized spacial score (nSPS) is 10.3. The Kier molecular flexibility index (Phi) is 3.92. The smallest absolute Gasteiger partial charge is 0.356 e. The molecule has 98 valence electrons. The molecule has 0 aliphatic carbocycles. The molecule has 1 aromatic heterocycles. The van der Waals surface area contributed by atoms with Crippen molar-refractivity contribution in [2.45, 2.75) is 13.5 Å². The van der Waals surface area contributed by atoms with E-state index in [2.05, 4.69) is 4.98 Å². The van der Waals surface area contributed by atoms with E-state index in [4.69, 9.17) is 9.84 Å². The number of aromatic nitrogens is 1. The highest BCUT2D eigenvalue weighted by atomic mass is 16.5. The molecule has 0 aliphatic rings. The number of esters is 1. The fourth-order valence-corrected chi connectivity index (χ4v) is 1.82. The summed E-state index contributed by atoms with van der Waals surface area (Å²) in [5, 5.41) is 9.14. The molecule has 0 amide bonds. The Labute approximate surface area is 111 Å². The van der Waals surface area contributed by atoms with Crippen LogP contribution in [0.15, 0.2) is 36.4 Å². The third-order valence-electron chi connectivity index (χ3n) is 2.88. The minimum atomic E-state index is -0.447. The van der Waals surface area contributed by atoms with Crippen molar-refractivity contribution in [2.75, 3.05) is 7.11 Å². The zero-order valence-electron chi connectivity index (χ0n) is 10.9. The Morgan fingerprint density at radius 1 is 1.32 bits per heavy atom. The van der Waals surface area contributed by atoms with E-state index >= 15 is 0 Å². The van der Waals surface area contributed by atoms with Crippen LogP contribution >= 0.6 is 0 Å². The number of hydrogen-bond acceptors (Lipinski definition) is 4. The van der Waals surface area contributed by atoms with Crippen molar-refractivity contribution in [3.05, 3.63) is 53.2 Å². The lowest BCUT2D eigenvalue weighted by atomic mass is 10.1. The second-order valence-corrected chi connectivity index (χ2v) is 4.21. The maximum absolute atomic E-state index is 11.6. The molecule has 0 saturated carbocycles. The monoisotopic (exact) mass is 257 g/mol. The van der Waals surface area contributed by atoms with E-state index in [0.717, 1.165) is 16.7 Å². The molecule has 4 nitrogen and oxygen atoms in total. The SMILES string of the molecule is COC(=O)c1nc(-c2cccc(CO)c2)ccc1C. The first-order chi connectivity index (χ1) is 9.15. The molecular formula is C15H15NO3. The van der Waals surface area contributed by atoms with Crippen LogP contribution in [0.2, 0.25) is 0 Å². The van der Waals surface area contributed by atoms with Gasteiger partial charge in [0.1, 0.15) is 0 Å². The number of pyridine rings is 1. The number of methoxy groups -OCH3 is 1. The Balaban J connectivity index is 2.48. The standard InChI is InChI=1S/C15H15NO3/c1-10-6-7-13(16-14(10)15(18)19-2)12-5-3-4-11(8-12)9-17/h3-8,17H,9H2,1-2H3. The highest BCUT2D eigenvalue weighted by Gasteiger charge is 2.12. The van der Waals surface area contributed by atoms with Crippen LogP contribution in [-0.4, -0.2) is 23.2 Å². The van der Waals surface area contributed by atoms with Gasteiger partial charge in [-0.25, -0.2) is 9.78 Å². The van der Waals surface area contributed by atoms with Gasteiger partial charge in [-0.05, 0) is 30.2 Å². The number of carbonyl (C=O) groups is 1. The van der Waals surface area contributed by atoms with Crippen LogP contribution in [-0.2, 0) is 11.3 Å². The largest absolute Gasteiger partial charge is 0.464 e. The number of benzene rings is 1. The van der Waals surface area contributed by atoms with Gasteiger partial charge < -0.3 is 9.84 Å². The van der Waals surface area contributed by atoms with Gasteiger partial charge in [-0.3, -0.25) is 0 Å². The summed E-state index contributed by atoms with van der Waals surface area (Å²) in [5.74, 6) is -0.447. The van der Waals surface area contributed by atoms with E-state index < -0.39 is 5.97 Å². The first-order valence-corrected chi connectivity index (χ1v) is 5.92. The first-order valence-electron chi connectivity index (χ1n) is 5.92. The maximum atomic E-state index is 11.6. The van der Waals surface area contributed by atoms with Crippen LogP contribution in [0.4, 0.5) is 0 Å². The molecule has 19 heavy (non-hydrogen) atoms. The molecule has 0 unspecified atom stereocenters. The predicted molar refractivity (Wildman–Crippen MR) is 71.7 cm³/mol. The average Bonchev–Trinajstić information content (AvgIpc) is 2.47. The summed E-state index contributed by atoms with van der Waals surface area (Å²) in [6.45, 7) is 1.79. The van der Waals surface area contributed by atoms with Crippen molar-refractivity contribution in [2.24, 2.45) is 0 Å². The van der Waals surface area contributed by atoms with Crippen LogP contribution in [0.1, 0.15) is 21.6 Å². The van der Waals surface area contributed by atoms with Crippen LogP contribution < -0.4 is 0 Å². The molecule has 2 aromatic rings. The molecule has 0 fully saturated rings. The minimum Gasteiger partial charge on any atom is -0.464 e. The Bertz CT molecular complexity index is 608. The van der Waals surface area contributed by atoms with E-state index in [1.54, 1.807) is 0 Å². The third-order valence-corrected chi connectivity index (χ3v) is 2.88. The van der Waals surface area contributed by atoms with E-state index in [-0.39, 0.29) is 6.61 Å². The quantitative estimate of drug-likeness (QED) is 0.857. The van der Waals surface area contributed by atoms with E-state index in [1.807, 2.05) is 43.3 Å². The summed E-state index contributed by atoms with van der Waals surface area (Å²) in [5.41, 5.74) is 3.43. The second-order valence-electron chi connectivity index (χ2n) is 4.21. The summed E-state index contributed by atoms with van der Waals surface area (Å²) >= 11 is 0. The fourth-order valence-electron chi connectivity index (χ4n) is 1.82. The maximum Gasteiger partial charge on any atom is 0.356 e. The molecule has 0 spiro atoms. The van der Waals surface area contributed by atoms with Gasteiger partial charge in [0, 0.05) is 5.56 Å². The van der Waals surface area contributed by atoms with Crippen LogP contribution in [0.5, 0.6) is 0 Å². The molecule has 1 heterocycles. The average molecular weight is 257 g/mol. The predicted octanol–water partition coefficient (Wildman–Crippen LogP) is 2.34. The Hall–Kier alpha value is -2.20. The van der Waals surface area contributed by atoms with Crippen molar-refractivity contribution in [1.29, 1.82) is 0 Å². The van der Waals surface area contributed by atoms with Gasteiger partial charge in [0.15, 0.2) is 5.69 Å². The van der Waals surface area contributed by atoms with E-state index in [1.165, 1.54) is 7.11 Å². The zero-order valence-corrected chi connectivity index (χ0v) is 10.9. The molecule has 0 atom stereocenters. The van der Waals surface area contributed by atoms with Crippen LogP contribution in [0, 0.1) is 6.92 Å². The number of aryl methyl sites for hydroxylation is 1. The van der Waals surface area contributed by atoms with E-state index in [0.29, 0.717) is 11.4 Å². The summed E-state index contributed by atoms with van der Waals surface area (Å²) in [6, 6.07) is 11.1. The van der Waals surface area contributed by atoms with Crippen LogP contribution in [0.3, 0.4) is 0 Å². The van der Waals surface area contributed by atoms with Crippen molar-refractivity contribution < 1.29 is 14.6 Å². The highest BCUT2D eigenvalue weighted by Crippen LogP contribution is 2.20.